The van der Waals surface area contributed by atoms with Gasteiger partial charge in [-0.1, -0.05) is 60.8 Å². The highest BCUT2D eigenvalue weighted by atomic mass is 35.5. The molecule has 1 saturated carbocycles. The van der Waals surface area contributed by atoms with Crippen LogP contribution in [-0.2, 0) is 6.42 Å². The third-order valence-corrected chi connectivity index (χ3v) is 5.98. The van der Waals surface area contributed by atoms with Crippen molar-refractivity contribution in [2.24, 2.45) is 0 Å². The number of carbonyl (C=O) groups excluding carboxylic acids is 1. The minimum absolute atomic E-state index is 0.0538. The maximum Gasteiger partial charge on any atom is 0.252 e. The summed E-state index contributed by atoms with van der Waals surface area (Å²) >= 11 is 7.49. The largest absolute Gasteiger partial charge is 0.492 e. The Morgan fingerprint density at radius 3 is 2.69 bits per heavy atom. The van der Waals surface area contributed by atoms with Crippen molar-refractivity contribution in [3.8, 4) is 5.88 Å². The number of hydrogen-bond donors (Lipinski definition) is 3. The van der Waals surface area contributed by atoms with Gasteiger partial charge in [-0.05, 0) is 25.0 Å². The molecule has 1 heterocycles. The zero-order valence-corrected chi connectivity index (χ0v) is 16.2. The lowest BCUT2D eigenvalue weighted by molar-refractivity contribution is 0.0954. The molecule has 1 aliphatic carbocycles. The van der Waals surface area contributed by atoms with Gasteiger partial charge in [-0.2, -0.15) is 4.98 Å². The molecule has 0 spiro atoms. The normalized spacial score (nSPS) is 15.4. The number of halogens is 1. The van der Waals surface area contributed by atoms with Gasteiger partial charge in [0, 0.05) is 19.0 Å². The molecule has 3 N–H and O–H groups in total. The topological polar surface area (TPSA) is 74.2 Å². The minimum atomic E-state index is -0.212. The summed E-state index contributed by atoms with van der Waals surface area (Å²) in [6, 6.07) is 7.39. The summed E-state index contributed by atoms with van der Waals surface area (Å²) in [6.07, 6.45) is 7.94. The molecule has 5 nitrogen and oxygen atoms in total. The van der Waals surface area contributed by atoms with Crippen LogP contribution in [0.25, 0.3) is 0 Å². The smallest absolute Gasteiger partial charge is 0.252 e. The molecule has 2 aromatic rings. The van der Waals surface area contributed by atoms with Gasteiger partial charge in [0.2, 0.25) is 5.88 Å². The highest BCUT2D eigenvalue weighted by Crippen LogP contribution is 2.30. The highest BCUT2D eigenvalue weighted by molar-refractivity contribution is 7.15. The fourth-order valence-corrected chi connectivity index (χ4v) is 4.35. The number of nitrogens with zero attached hydrogens (tertiary/aromatic N) is 1. The van der Waals surface area contributed by atoms with Crippen LogP contribution in [0.1, 0.15) is 53.8 Å². The average Bonchev–Trinajstić information content (AvgIpc) is 2.82. The fraction of sp³-hybridized carbons (Fsp3) is 0.474. The van der Waals surface area contributed by atoms with E-state index < -0.39 is 0 Å². The molecule has 0 aliphatic heterocycles. The molecule has 1 aromatic heterocycles. The second-order valence-corrected chi connectivity index (χ2v) is 8.08. The molecule has 1 amide bonds. The lowest BCUT2D eigenvalue weighted by Crippen LogP contribution is -2.25. The predicted octanol–water partition coefficient (Wildman–Crippen LogP) is 4.61. The number of aromatic nitrogens is 1. The number of nitrogens with one attached hydrogen (secondary N) is 2. The van der Waals surface area contributed by atoms with Gasteiger partial charge in [0.1, 0.15) is 0 Å². The first-order valence-corrected chi connectivity index (χ1v) is 10.3. The lowest BCUT2D eigenvalue weighted by atomic mass is 10.1. The molecule has 0 radical (unpaired) electrons. The van der Waals surface area contributed by atoms with Gasteiger partial charge >= 0.3 is 0 Å². The van der Waals surface area contributed by atoms with E-state index in [0.29, 0.717) is 29.6 Å². The average molecular weight is 394 g/mol. The van der Waals surface area contributed by atoms with E-state index in [1.165, 1.54) is 37.0 Å². The first-order valence-electron chi connectivity index (χ1n) is 9.11. The van der Waals surface area contributed by atoms with E-state index in [2.05, 4.69) is 15.6 Å². The first-order chi connectivity index (χ1) is 12.6. The zero-order valence-electron chi connectivity index (χ0n) is 14.6. The van der Waals surface area contributed by atoms with Crippen LogP contribution in [0.2, 0.25) is 5.02 Å². The molecule has 1 aromatic carbocycles. The molecule has 1 aliphatic rings. The zero-order chi connectivity index (χ0) is 18.4. The van der Waals surface area contributed by atoms with E-state index in [9.17, 15) is 9.90 Å². The molecular weight excluding hydrogens is 370 g/mol. The van der Waals surface area contributed by atoms with Crippen LogP contribution < -0.4 is 10.6 Å². The van der Waals surface area contributed by atoms with E-state index in [-0.39, 0.29) is 11.8 Å². The van der Waals surface area contributed by atoms with Crippen molar-refractivity contribution in [3.63, 3.8) is 0 Å². The van der Waals surface area contributed by atoms with Crippen molar-refractivity contribution >= 4 is 34.0 Å². The summed E-state index contributed by atoms with van der Waals surface area (Å²) in [4.78, 5) is 17.2. The van der Waals surface area contributed by atoms with Crippen molar-refractivity contribution in [1.82, 2.24) is 10.3 Å². The third-order valence-electron chi connectivity index (χ3n) is 4.62. The molecule has 0 bridgehead atoms. The molecule has 140 valence electrons. The molecule has 26 heavy (non-hydrogen) atoms. The SMILES string of the molecule is O=C(NCCc1sc(NC2CCCCCC2)nc1O)c1ccccc1Cl. The number of carbonyl (C=O) groups is 1. The molecule has 1 fully saturated rings. The highest BCUT2D eigenvalue weighted by Gasteiger charge is 2.16. The van der Waals surface area contributed by atoms with Gasteiger partial charge in [0.25, 0.3) is 5.91 Å². The van der Waals surface area contributed by atoms with Crippen LogP contribution in [0, 0.1) is 0 Å². The Hall–Kier alpha value is -1.79. The Bertz CT molecular complexity index is 742. The van der Waals surface area contributed by atoms with Crippen LogP contribution in [-0.4, -0.2) is 28.6 Å². The number of thiazole rings is 1. The number of anilines is 1. The maximum atomic E-state index is 12.2. The molecule has 0 unspecified atom stereocenters. The van der Waals surface area contributed by atoms with Crippen LogP contribution in [0.15, 0.2) is 24.3 Å². The second kappa shape index (κ2) is 9.24. The Morgan fingerprint density at radius 2 is 1.96 bits per heavy atom. The summed E-state index contributed by atoms with van der Waals surface area (Å²) in [5.41, 5.74) is 0.457. The van der Waals surface area contributed by atoms with Gasteiger partial charge in [0.15, 0.2) is 5.13 Å². The van der Waals surface area contributed by atoms with Crippen LogP contribution in [0.3, 0.4) is 0 Å². The third kappa shape index (κ3) is 5.11. The van der Waals surface area contributed by atoms with Crippen LogP contribution in [0.5, 0.6) is 5.88 Å². The molecule has 7 heteroatoms. The van der Waals surface area contributed by atoms with Gasteiger partial charge in [-0.3, -0.25) is 4.79 Å². The number of aromatic hydroxyl groups is 1. The van der Waals surface area contributed by atoms with E-state index in [1.807, 2.05) is 0 Å². The van der Waals surface area contributed by atoms with Crippen LogP contribution >= 0.6 is 22.9 Å². The van der Waals surface area contributed by atoms with Crippen molar-refractivity contribution < 1.29 is 9.90 Å². The molecule has 3 rings (SSSR count). The Morgan fingerprint density at radius 1 is 1.23 bits per heavy atom. The van der Waals surface area contributed by atoms with Crippen molar-refractivity contribution in [3.05, 3.63) is 39.7 Å². The number of benzene rings is 1. The van der Waals surface area contributed by atoms with Gasteiger partial charge in [-0.15, -0.1) is 0 Å². The number of hydrogen-bond acceptors (Lipinski definition) is 5. The quantitative estimate of drug-likeness (QED) is 0.626. The monoisotopic (exact) mass is 393 g/mol. The molecule has 0 atom stereocenters. The van der Waals surface area contributed by atoms with E-state index in [1.54, 1.807) is 24.3 Å². The summed E-state index contributed by atoms with van der Waals surface area (Å²) in [5, 5.41) is 17.6. The fourth-order valence-electron chi connectivity index (χ4n) is 3.20. The Kier molecular flexibility index (Phi) is 6.74. The summed E-state index contributed by atoms with van der Waals surface area (Å²) in [5.74, 6) is -0.158. The van der Waals surface area contributed by atoms with Gasteiger partial charge in [-0.25, -0.2) is 0 Å². The number of rotatable bonds is 6. The molecule has 0 saturated heterocycles. The molecular formula is C19H24ClN3O2S. The van der Waals surface area contributed by atoms with E-state index in [0.717, 1.165) is 22.9 Å². The predicted molar refractivity (Wildman–Crippen MR) is 106 cm³/mol. The standard InChI is InChI=1S/C19H24ClN3O2S/c20-15-10-6-5-9-14(15)17(24)21-12-11-16-18(25)23-19(26-16)22-13-7-3-1-2-4-8-13/h5-6,9-10,13,25H,1-4,7-8,11-12H2,(H,21,24)(H,22,23). The maximum absolute atomic E-state index is 12.2. The van der Waals surface area contributed by atoms with E-state index in [4.69, 9.17) is 11.6 Å². The first kappa shape index (κ1) is 19.0. The van der Waals surface area contributed by atoms with E-state index >= 15 is 0 Å². The lowest BCUT2D eigenvalue weighted by Gasteiger charge is -2.14. The number of amides is 1. The van der Waals surface area contributed by atoms with Gasteiger partial charge < -0.3 is 15.7 Å². The summed E-state index contributed by atoms with van der Waals surface area (Å²) in [7, 11) is 0. The van der Waals surface area contributed by atoms with Crippen molar-refractivity contribution in [2.45, 2.75) is 51.0 Å². The van der Waals surface area contributed by atoms with Crippen LogP contribution in [0.4, 0.5) is 5.13 Å². The summed E-state index contributed by atoms with van der Waals surface area (Å²) in [6.45, 7) is 0.419. The van der Waals surface area contributed by atoms with Crippen molar-refractivity contribution in [1.29, 1.82) is 0 Å². The Balaban J connectivity index is 1.51. The van der Waals surface area contributed by atoms with Crippen molar-refractivity contribution in [2.75, 3.05) is 11.9 Å². The second-order valence-electron chi connectivity index (χ2n) is 6.58. The minimum Gasteiger partial charge on any atom is -0.492 e. The summed E-state index contributed by atoms with van der Waals surface area (Å²) < 4.78 is 0. The van der Waals surface area contributed by atoms with Gasteiger partial charge in [0.05, 0.1) is 15.5 Å². The Labute approximate surface area is 162 Å².